The lowest BCUT2D eigenvalue weighted by Gasteiger charge is -2.35. The fourth-order valence-electron chi connectivity index (χ4n) is 3.11. The van der Waals surface area contributed by atoms with Crippen LogP contribution in [0.2, 0.25) is 0 Å². The Morgan fingerprint density at radius 3 is 2.71 bits per heavy atom. The van der Waals surface area contributed by atoms with Crippen molar-refractivity contribution in [3.8, 4) is 0 Å². The minimum Gasteiger partial charge on any atom is -0.377 e. The Labute approximate surface area is 134 Å². The molecule has 6 heteroatoms. The number of aryl methyl sites for hydroxylation is 1. The SMILES string of the molecule is Cn1cc(Br)cc1C(=O)N1CCN(CC2CCCO2)CC1. The normalized spacial score (nSPS) is 23.7. The molecular formula is C15H22BrN3O2. The van der Waals surface area contributed by atoms with Crippen molar-refractivity contribution in [1.82, 2.24) is 14.4 Å². The fraction of sp³-hybridized carbons (Fsp3) is 0.667. The lowest BCUT2D eigenvalue weighted by Crippen LogP contribution is -2.50. The first-order valence-corrected chi connectivity index (χ1v) is 8.38. The fourth-order valence-corrected chi connectivity index (χ4v) is 3.63. The molecule has 116 valence electrons. The van der Waals surface area contributed by atoms with Gasteiger partial charge in [-0.15, -0.1) is 0 Å². The third-order valence-electron chi connectivity index (χ3n) is 4.34. The summed E-state index contributed by atoms with van der Waals surface area (Å²) in [6.45, 7) is 5.40. The first kappa shape index (κ1) is 15.1. The van der Waals surface area contributed by atoms with Crippen LogP contribution in [-0.4, -0.2) is 65.7 Å². The molecule has 2 aliphatic rings. The predicted molar refractivity (Wildman–Crippen MR) is 84.4 cm³/mol. The van der Waals surface area contributed by atoms with Crippen molar-refractivity contribution in [2.24, 2.45) is 7.05 Å². The van der Waals surface area contributed by atoms with E-state index in [9.17, 15) is 4.79 Å². The summed E-state index contributed by atoms with van der Waals surface area (Å²) in [5.41, 5.74) is 0.745. The molecule has 3 rings (SSSR count). The number of carbonyl (C=O) groups excluding carboxylic acids is 1. The van der Waals surface area contributed by atoms with Crippen LogP contribution in [0.3, 0.4) is 0 Å². The number of ether oxygens (including phenoxy) is 1. The van der Waals surface area contributed by atoms with Crippen molar-refractivity contribution in [3.63, 3.8) is 0 Å². The predicted octanol–water partition coefficient (Wildman–Crippen LogP) is 1.72. The Morgan fingerprint density at radius 2 is 2.14 bits per heavy atom. The molecule has 0 bridgehead atoms. The number of hydrogen-bond acceptors (Lipinski definition) is 3. The largest absolute Gasteiger partial charge is 0.377 e. The quantitative estimate of drug-likeness (QED) is 0.828. The summed E-state index contributed by atoms with van der Waals surface area (Å²) in [5, 5.41) is 0. The maximum absolute atomic E-state index is 12.5. The molecule has 2 aliphatic heterocycles. The Hall–Kier alpha value is -0.850. The van der Waals surface area contributed by atoms with Gasteiger partial charge in [0.25, 0.3) is 5.91 Å². The minimum atomic E-state index is 0.125. The van der Waals surface area contributed by atoms with E-state index < -0.39 is 0 Å². The van der Waals surface area contributed by atoms with Gasteiger partial charge in [0.2, 0.25) is 0 Å². The summed E-state index contributed by atoms with van der Waals surface area (Å²) in [6, 6.07) is 1.89. The summed E-state index contributed by atoms with van der Waals surface area (Å²) in [6.07, 6.45) is 4.68. The highest BCUT2D eigenvalue weighted by Gasteiger charge is 2.26. The molecule has 1 amide bonds. The molecule has 1 aromatic rings. The second-order valence-corrected chi connectivity index (χ2v) is 6.80. The van der Waals surface area contributed by atoms with E-state index in [1.54, 1.807) is 0 Å². The van der Waals surface area contributed by atoms with E-state index in [1.807, 2.05) is 28.8 Å². The van der Waals surface area contributed by atoms with Crippen molar-refractivity contribution < 1.29 is 9.53 Å². The van der Waals surface area contributed by atoms with Gasteiger partial charge in [-0.25, -0.2) is 0 Å². The number of carbonyl (C=O) groups is 1. The van der Waals surface area contributed by atoms with Gasteiger partial charge < -0.3 is 14.2 Å². The summed E-state index contributed by atoms with van der Waals surface area (Å²) >= 11 is 3.42. The Kier molecular flexibility index (Phi) is 4.66. The third kappa shape index (κ3) is 3.49. The Balaban J connectivity index is 1.53. The molecule has 2 saturated heterocycles. The zero-order chi connectivity index (χ0) is 14.8. The Morgan fingerprint density at radius 1 is 1.38 bits per heavy atom. The number of amides is 1. The van der Waals surface area contributed by atoms with Crippen LogP contribution >= 0.6 is 15.9 Å². The average Bonchev–Trinajstić information content (AvgIpc) is 3.08. The zero-order valence-electron chi connectivity index (χ0n) is 12.4. The molecule has 0 saturated carbocycles. The molecule has 3 heterocycles. The lowest BCUT2D eigenvalue weighted by atomic mass is 10.2. The van der Waals surface area contributed by atoms with E-state index >= 15 is 0 Å². The summed E-state index contributed by atoms with van der Waals surface area (Å²) in [7, 11) is 1.91. The van der Waals surface area contributed by atoms with Gasteiger partial charge in [-0.1, -0.05) is 0 Å². The van der Waals surface area contributed by atoms with Gasteiger partial charge in [-0.05, 0) is 34.8 Å². The Bertz CT molecular complexity index is 503. The maximum Gasteiger partial charge on any atom is 0.270 e. The molecule has 0 aromatic carbocycles. The first-order chi connectivity index (χ1) is 10.1. The molecule has 0 spiro atoms. The topological polar surface area (TPSA) is 37.7 Å². The van der Waals surface area contributed by atoms with Crippen LogP contribution in [0, 0.1) is 0 Å². The highest BCUT2D eigenvalue weighted by Crippen LogP contribution is 2.18. The number of rotatable bonds is 3. The molecule has 0 radical (unpaired) electrons. The average molecular weight is 356 g/mol. The van der Waals surface area contributed by atoms with Gasteiger partial charge in [0.05, 0.1) is 6.10 Å². The van der Waals surface area contributed by atoms with E-state index in [4.69, 9.17) is 4.74 Å². The standard InChI is InChI=1S/C15H22BrN3O2/c1-17-10-12(16)9-14(17)15(20)19-6-4-18(5-7-19)11-13-3-2-8-21-13/h9-10,13H,2-8,11H2,1H3. The van der Waals surface area contributed by atoms with Crippen molar-refractivity contribution >= 4 is 21.8 Å². The molecule has 1 atom stereocenters. The zero-order valence-corrected chi connectivity index (χ0v) is 14.0. The second-order valence-electron chi connectivity index (χ2n) is 5.88. The second kappa shape index (κ2) is 6.50. The molecule has 0 N–H and O–H groups in total. The molecule has 5 nitrogen and oxygen atoms in total. The summed E-state index contributed by atoms with van der Waals surface area (Å²) in [5.74, 6) is 0.125. The van der Waals surface area contributed by atoms with Crippen molar-refractivity contribution in [2.75, 3.05) is 39.3 Å². The minimum absolute atomic E-state index is 0.125. The van der Waals surface area contributed by atoms with Crippen LogP contribution in [0.25, 0.3) is 0 Å². The molecule has 0 aliphatic carbocycles. The van der Waals surface area contributed by atoms with Crippen LogP contribution in [-0.2, 0) is 11.8 Å². The van der Waals surface area contributed by atoms with Crippen LogP contribution in [0.15, 0.2) is 16.7 Å². The van der Waals surface area contributed by atoms with E-state index in [0.717, 1.165) is 49.5 Å². The summed E-state index contributed by atoms with van der Waals surface area (Å²) < 4.78 is 8.52. The van der Waals surface area contributed by atoms with Gasteiger partial charge in [0.1, 0.15) is 5.69 Å². The van der Waals surface area contributed by atoms with E-state index in [2.05, 4.69) is 20.8 Å². The monoisotopic (exact) mass is 355 g/mol. The number of aromatic nitrogens is 1. The maximum atomic E-state index is 12.5. The smallest absolute Gasteiger partial charge is 0.270 e. The van der Waals surface area contributed by atoms with E-state index in [1.165, 1.54) is 12.8 Å². The highest BCUT2D eigenvalue weighted by atomic mass is 79.9. The van der Waals surface area contributed by atoms with Crippen LogP contribution < -0.4 is 0 Å². The molecule has 1 aromatic heterocycles. The van der Waals surface area contributed by atoms with Gasteiger partial charge in [-0.2, -0.15) is 0 Å². The molecule has 2 fully saturated rings. The van der Waals surface area contributed by atoms with Crippen molar-refractivity contribution in [3.05, 3.63) is 22.4 Å². The molecule has 1 unspecified atom stereocenters. The van der Waals surface area contributed by atoms with Gasteiger partial charge in [0.15, 0.2) is 0 Å². The first-order valence-electron chi connectivity index (χ1n) is 7.58. The highest BCUT2D eigenvalue weighted by molar-refractivity contribution is 9.10. The molecular weight excluding hydrogens is 334 g/mol. The summed E-state index contributed by atoms with van der Waals surface area (Å²) in [4.78, 5) is 16.9. The third-order valence-corrected chi connectivity index (χ3v) is 4.77. The van der Waals surface area contributed by atoms with Gasteiger partial charge in [0, 0.05) is 57.0 Å². The van der Waals surface area contributed by atoms with Crippen LogP contribution in [0.4, 0.5) is 0 Å². The number of halogens is 1. The van der Waals surface area contributed by atoms with E-state index in [-0.39, 0.29) is 5.91 Å². The lowest BCUT2D eigenvalue weighted by molar-refractivity contribution is 0.0428. The van der Waals surface area contributed by atoms with Gasteiger partial charge >= 0.3 is 0 Å². The van der Waals surface area contributed by atoms with Crippen molar-refractivity contribution in [2.45, 2.75) is 18.9 Å². The van der Waals surface area contributed by atoms with Crippen LogP contribution in [0.1, 0.15) is 23.3 Å². The molecule has 21 heavy (non-hydrogen) atoms. The van der Waals surface area contributed by atoms with Crippen molar-refractivity contribution in [1.29, 1.82) is 0 Å². The van der Waals surface area contributed by atoms with Crippen LogP contribution in [0.5, 0.6) is 0 Å². The van der Waals surface area contributed by atoms with E-state index in [0.29, 0.717) is 6.10 Å². The number of nitrogens with zero attached hydrogens (tertiary/aromatic N) is 3. The number of piperazine rings is 1. The van der Waals surface area contributed by atoms with Gasteiger partial charge in [-0.3, -0.25) is 9.69 Å². The number of hydrogen-bond donors (Lipinski definition) is 0.